The Bertz CT molecular complexity index is 1270. The lowest BCUT2D eigenvalue weighted by Gasteiger charge is -2.30. The van der Waals surface area contributed by atoms with Gasteiger partial charge < -0.3 is 0 Å². The lowest BCUT2D eigenvalue weighted by molar-refractivity contribution is 0.433. The highest BCUT2D eigenvalue weighted by atomic mass is 16.1. The molecular weight excluding hydrogens is 380 g/mol. The van der Waals surface area contributed by atoms with Crippen LogP contribution in [-0.2, 0) is 17.4 Å². The first kappa shape index (κ1) is 18.9. The van der Waals surface area contributed by atoms with Crippen molar-refractivity contribution < 1.29 is 0 Å². The number of hydrogen-bond donors (Lipinski definition) is 0. The van der Waals surface area contributed by atoms with E-state index in [1.54, 1.807) is 0 Å². The van der Waals surface area contributed by atoms with Crippen molar-refractivity contribution in [2.45, 2.75) is 69.7 Å². The van der Waals surface area contributed by atoms with Gasteiger partial charge in [-0.25, -0.2) is 4.68 Å². The number of benzene rings is 2. The normalized spacial score (nSPS) is 24.9. The Kier molecular flexibility index (Phi) is 3.88. The van der Waals surface area contributed by atoms with Gasteiger partial charge in [0.05, 0.1) is 17.9 Å². The average Bonchev–Trinajstić information content (AvgIpc) is 3.37. The Morgan fingerprint density at radius 3 is 2.68 bits per heavy atom. The molecule has 0 aliphatic heterocycles. The van der Waals surface area contributed by atoms with Gasteiger partial charge in [0.25, 0.3) is 5.56 Å². The molecule has 2 atom stereocenters. The first-order valence-electron chi connectivity index (χ1n) is 11.6. The quantitative estimate of drug-likeness (QED) is 0.526. The van der Waals surface area contributed by atoms with Gasteiger partial charge in [0.15, 0.2) is 0 Å². The maximum atomic E-state index is 13.9. The third-order valence-corrected chi connectivity index (χ3v) is 8.01. The fourth-order valence-electron chi connectivity index (χ4n) is 6.43. The van der Waals surface area contributed by atoms with Gasteiger partial charge >= 0.3 is 0 Å². The van der Waals surface area contributed by atoms with Gasteiger partial charge in [0.1, 0.15) is 0 Å². The third-order valence-electron chi connectivity index (χ3n) is 8.01. The SMILES string of the molecule is CC1(C)CC=Cc2ccc(-n3c(=O)c4c(n3Cc3ccccc3)C3(C)CCC4C3)cc21. The summed E-state index contributed by atoms with van der Waals surface area (Å²) in [7, 11) is 0. The van der Waals surface area contributed by atoms with Gasteiger partial charge in [-0.1, -0.05) is 69.3 Å². The van der Waals surface area contributed by atoms with Crippen molar-refractivity contribution in [1.82, 2.24) is 9.36 Å². The van der Waals surface area contributed by atoms with Crippen molar-refractivity contribution in [2.75, 3.05) is 0 Å². The molecule has 3 aromatic rings. The van der Waals surface area contributed by atoms with Crippen molar-refractivity contribution in [3.05, 3.63) is 92.9 Å². The Hall–Kier alpha value is -2.81. The van der Waals surface area contributed by atoms with Crippen LogP contribution >= 0.6 is 0 Å². The second-order valence-corrected chi connectivity index (χ2v) is 10.7. The van der Waals surface area contributed by atoms with Gasteiger partial charge in [-0.2, -0.15) is 0 Å². The molecule has 31 heavy (non-hydrogen) atoms. The second kappa shape index (κ2) is 6.35. The van der Waals surface area contributed by atoms with E-state index in [0.29, 0.717) is 5.92 Å². The first-order valence-corrected chi connectivity index (χ1v) is 11.6. The summed E-state index contributed by atoms with van der Waals surface area (Å²) >= 11 is 0. The highest BCUT2D eigenvalue weighted by Gasteiger charge is 2.51. The van der Waals surface area contributed by atoms with E-state index in [2.05, 4.69) is 86.1 Å². The van der Waals surface area contributed by atoms with Crippen LogP contribution in [0.2, 0.25) is 0 Å². The fourth-order valence-corrected chi connectivity index (χ4v) is 6.43. The molecule has 1 fully saturated rings. The number of fused-ring (bicyclic) bond motifs is 6. The summed E-state index contributed by atoms with van der Waals surface area (Å²) < 4.78 is 4.29. The minimum Gasteiger partial charge on any atom is -0.277 e. The predicted octanol–water partition coefficient (Wildman–Crippen LogP) is 5.92. The van der Waals surface area contributed by atoms with Crippen molar-refractivity contribution in [3.8, 4) is 5.69 Å². The molecule has 1 saturated carbocycles. The lowest BCUT2D eigenvalue weighted by atomic mass is 9.76. The molecule has 0 radical (unpaired) electrons. The molecule has 0 N–H and O–H groups in total. The number of aromatic nitrogens is 2. The average molecular weight is 411 g/mol. The molecule has 1 aromatic heterocycles. The van der Waals surface area contributed by atoms with Gasteiger partial charge in [0.2, 0.25) is 0 Å². The molecule has 2 unspecified atom stereocenters. The number of hydrogen-bond acceptors (Lipinski definition) is 1. The highest BCUT2D eigenvalue weighted by Crippen LogP contribution is 2.56. The molecule has 6 rings (SSSR count). The Morgan fingerprint density at radius 2 is 1.87 bits per heavy atom. The molecule has 3 aliphatic rings. The van der Waals surface area contributed by atoms with Gasteiger partial charge in [-0.3, -0.25) is 9.48 Å². The Balaban J connectivity index is 1.59. The zero-order chi connectivity index (χ0) is 21.4. The molecular formula is C28H30N2O. The summed E-state index contributed by atoms with van der Waals surface area (Å²) in [5.74, 6) is 0.424. The van der Waals surface area contributed by atoms with E-state index in [0.717, 1.165) is 37.1 Å². The number of nitrogens with zero attached hydrogens (tertiary/aromatic N) is 2. The molecule has 0 amide bonds. The maximum absolute atomic E-state index is 13.9. The fraction of sp³-hybridized carbons (Fsp3) is 0.393. The minimum absolute atomic E-state index is 0.0777. The third kappa shape index (κ3) is 2.68. The van der Waals surface area contributed by atoms with Crippen LogP contribution in [0.15, 0.2) is 59.4 Å². The van der Waals surface area contributed by atoms with Crippen LogP contribution in [0.25, 0.3) is 11.8 Å². The molecule has 3 nitrogen and oxygen atoms in total. The van der Waals surface area contributed by atoms with Crippen LogP contribution in [-0.4, -0.2) is 9.36 Å². The van der Waals surface area contributed by atoms with Crippen LogP contribution in [0, 0.1) is 0 Å². The monoisotopic (exact) mass is 410 g/mol. The predicted molar refractivity (Wildman–Crippen MR) is 126 cm³/mol. The summed E-state index contributed by atoms with van der Waals surface area (Å²) in [4.78, 5) is 13.9. The molecule has 3 heteroatoms. The molecule has 2 aromatic carbocycles. The van der Waals surface area contributed by atoms with Gasteiger partial charge in [-0.05, 0) is 65.8 Å². The van der Waals surface area contributed by atoms with Crippen molar-refractivity contribution >= 4 is 6.08 Å². The molecule has 0 saturated heterocycles. The number of allylic oxidation sites excluding steroid dienone is 1. The van der Waals surface area contributed by atoms with E-state index in [9.17, 15) is 4.79 Å². The summed E-state index contributed by atoms with van der Waals surface area (Å²) in [6.45, 7) is 7.69. The summed E-state index contributed by atoms with van der Waals surface area (Å²) in [5.41, 5.74) is 7.61. The highest BCUT2D eigenvalue weighted by molar-refractivity contribution is 5.62. The molecule has 0 spiro atoms. The van der Waals surface area contributed by atoms with Crippen molar-refractivity contribution in [3.63, 3.8) is 0 Å². The van der Waals surface area contributed by atoms with Gasteiger partial charge in [0, 0.05) is 11.0 Å². The van der Waals surface area contributed by atoms with E-state index in [-0.39, 0.29) is 16.4 Å². The molecule has 1 heterocycles. The van der Waals surface area contributed by atoms with E-state index in [1.165, 1.54) is 28.8 Å². The Labute approximate surface area is 184 Å². The molecule has 3 aliphatic carbocycles. The molecule has 158 valence electrons. The molecule has 2 bridgehead atoms. The van der Waals surface area contributed by atoms with Crippen molar-refractivity contribution in [2.24, 2.45) is 0 Å². The standard InChI is InChI=1S/C28H30N2O/c1-27(2)14-7-10-20-11-12-22(16-23(20)27)30-26(31)24-21-13-15-28(3,17-21)25(24)29(30)18-19-8-5-4-6-9-19/h4-12,16,21H,13-15,17-18H2,1-3H3. The van der Waals surface area contributed by atoms with E-state index >= 15 is 0 Å². The van der Waals surface area contributed by atoms with E-state index < -0.39 is 0 Å². The summed E-state index contributed by atoms with van der Waals surface area (Å²) in [5, 5.41) is 0. The van der Waals surface area contributed by atoms with E-state index in [4.69, 9.17) is 0 Å². The zero-order valence-corrected chi connectivity index (χ0v) is 18.7. The first-order chi connectivity index (χ1) is 14.9. The largest absolute Gasteiger partial charge is 0.277 e. The minimum atomic E-state index is 0.0777. The van der Waals surface area contributed by atoms with Crippen LogP contribution in [0.3, 0.4) is 0 Å². The summed E-state index contributed by atoms with van der Waals surface area (Å²) in [6, 6.07) is 17.1. The van der Waals surface area contributed by atoms with E-state index in [1.807, 2.05) is 4.68 Å². The Morgan fingerprint density at radius 1 is 1.06 bits per heavy atom. The smallest absolute Gasteiger partial charge is 0.275 e. The van der Waals surface area contributed by atoms with Crippen LogP contribution < -0.4 is 5.56 Å². The summed E-state index contributed by atoms with van der Waals surface area (Å²) in [6.07, 6.45) is 8.97. The van der Waals surface area contributed by atoms with Crippen molar-refractivity contribution in [1.29, 1.82) is 0 Å². The van der Waals surface area contributed by atoms with Crippen LogP contribution in [0.5, 0.6) is 0 Å². The second-order valence-electron chi connectivity index (χ2n) is 10.7. The topological polar surface area (TPSA) is 26.9 Å². The van der Waals surface area contributed by atoms with Gasteiger partial charge in [-0.15, -0.1) is 0 Å². The number of rotatable bonds is 3. The maximum Gasteiger partial charge on any atom is 0.275 e. The zero-order valence-electron chi connectivity index (χ0n) is 18.7. The lowest BCUT2D eigenvalue weighted by Crippen LogP contribution is -2.28. The van der Waals surface area contributed by atoms with Crippen LogP contribution in [0.1, 0.15) is 80.3 Å². The van der Waals surface area contributed by atoms with Crippen LogP contribution in [0.4, 0.5) is 0 Å².